The molecule has 10 nitrogen and oxygen atoms in total. The van der Waals surface area contributed by atoms with Crippen LogP contribution in [0.25, 0.3) is 0 Å². The number of nitrogens with one attached hydrogen (secondary N) is 2. The normalized spacial score (nSPS) is 21.6. The second-order valence-corrected chi connectivity index (χ2v) is 14.3. The van der Waals surface area contributed by atoms with Crippen LogP contribution in [0.2, 0.25) is 0 Å². The summed E-state index contributed by atoms with van der Waals surface area (Å²) in [4.78, 5) is 43.4. The van der Waals surface area contributed by atoms with Crippen LogP contribution in [0.1, 0.15) is 94.6 Å². The van der Waals surface area contributed by atoms with E-state index in [0.717, 1.165) is 74.5 Å². The summed E-state index contributed by atoms with van der Waals surface area (Å²) in [5.74, 6) is -0.901. The third kappa shape index (κ3) is 8.97. The van der Waals surface area contributed by atoms with E-state index in [0.29, 0.717) is 26.3 Å². The summed E-state index contributed by atoms with van der Waals surface area (Å²) >= 11 is 0. The second-order valence-electron chi connectivity index (χ2n) is 14.3. The maximum Gasteiger partial charge on any atom is 0.274 e. The lowest BCUT2D eigenvalue weighted by atomic mass is 9.92. The van der Waals surface area contributed by atoms with Crippen molar-refractivity contribution in [2.45, 2.75) is 108 Å². The smallest absolute Gasteiger partial charge is 0.274 e. The standard InChI is InChI=1S/C42H49N5O5/c48-40(43-34-19-9-11-21-38(34)51-28-30-13-3-1-4-14-30)27-47-37(25-36(45-47)42(50)46-24-23-32-17-7-8-18-33(32)26-46)41(49)44-35-20-10-12-22-39(35)52-29-31-15-5-2-6-16-31/h1-8,13-18,25,34-35,38-39H,9-12,19-24,26-29H2,(H,43,48)(H,44,49)/t34-,35-,38-,39-/m0/s1. The minimum Gasteiger partial charge on any atom is -0.371 e. The van der Waals surface area contributed by atoms with E-state index in [1.807, 2.05) is 78.9 Å². The SMILES string of the molecule is O=C(Cn1nc(C(=O)N2CCc3ccccc3C2)cc1C(=O)N[C@H]1CCCC[C@@H]1OCc1ccccc1)N[C@H]1CCCC[C@@H]1OCc1ccccc1. The third-order valence-corrected chi connectivity index (χ3v) is 10.6. The van der Waals surface area contributed by atoms with E-state index in [2.05, 4.69) is 21.8 Å². The van der Waals surface area contributed by atoms with E-state index in [1.165, 1.54) is 10.2 Å². The highest BCUT2D eigenvalue weighted by molar-refractivity contribution is 5.98. The van der Waals surface area contributed by atoms with Gasteiger partial charge in [0.15, 0.2) is 5.69 Å². The Morgan fingerprint density at radius 2 is 1.25 bits per heavy atom. The summed E-state index contributed by atoms with van der Waals surface area (Å²) in [5.41, 5.74) is 4.85. The minimum atomic E-state index is -0.370. The van der Waals surface area contributed by atoms with Gasteiger partial charge >= 0.3 is 0 Å². The van der Waals surface area contributed by atoms with Crippen molar-refractivity contribution in [2.75, 3.05) is 6.54 Å². The molecule has 2 saturated carbocycles. The molecule has 52 heavy (non-hydrogen) atoms. The van der Waals surface area contributed by atoms with Crippen LogP contribution in [-0.4, -0.2) is 63.2 Å². The molecule has 1 aromatic heterocycles. The topological polar surface area (TPSA) is 115 Å². The zero-order valence-electron chi connectivity index (χ0n) is 29.8. The lowest BCUT2D eigenvalue weighted by Crippen LogP contribution is -2.48. The average Bonchev–Trinajstić information content (AvgIpc) is 3.61. The Morgan fingerprint density at radius 3 is 1.88 bits per heavy atom. The minimum absolute atomic E-state index is 0.114. The highest BCUT2D eigenvalue weighted by Gasteiger charge is 2.32. The summed E-state index contributed by atoms with van der Waals surface area (Å²) in [6.45, 7) is 1.77. The zero-order valence-corrected chi connectivity index (χ0v) is 29.8. The van der Waals surface area contributed by atoms with Crippen LogP contribution < -0.4 is 10.6 Å². The maximum atomic E-state index is 14.1. The summed E-state index contributed by atoms with van der Waals surface area (Å²) in [7, 11) is 0. The van der Waals surface area contributed by atoms with E-state index >= 15 is 0 Å². The number of nitrogens with zero attached hydrogens (tertiary/aromatic N) is 3. The van der Waals surface area contributed by atoms with Crippen LogP contribution in [0, 0.1) is 0 Å². The first kappa shape index (κ1) is 35.6. The highest BCUT2D eigenvalue weighted by Crippen LogP contribution is 2.25. The monoisotopic (exact) mass is 703 g/mol. The van der Waals surface area contributed by atoms with E-state index in [-0.39, 0.29) is 59.9 Å². The number of fused-ring (bicyclic) bond motifs is 1. The Labute approximate surface area is 305 Å². The molecular formula is C42H49N5O5. The van der Waals surface area contributed by atoms with Crippen molar-refractivity contribution >= 4 is 17.7 Å². The summed E-state index contributed by atoms with van der Waals surface area (Å²) in [6.07, 6.45) is 7.83. The van der Waals surface area contributed by atoms with Gasteiger partial charge in [0.2, 0.25) is 5.91 Å². The number of hydrogen-bond acceptors (Lipinski definition) is 6. The molecule has 4 aromatic rings. The van der Waals surface area contributed by atoms with Crippen LogP contribution in [0.3, 0.4) is 0 Å². The fraction of sp³-hybridized carbons (Fsp3) is 0.429. The number of hydrogen-bond donors (Lipinski definition) is 2. The molecule has 0 saturated heterocycles. The van der Waals surface area contributed by atoms with Gasteiger partial charge in [0, 0.05) is 19.2 Å². The molecule has 3 amide bonds. The first-order chi connectivity index (χ1) is 25.5. The molecular weight excluding hydrogens is 654 g/mol. The number of benzene rings is 3. The summed E-state index contributed by atoms with van der Waals surface area (Å²) in [6, 6.07) is 29.4. The van der Waals surface area contributed by atoms with Crippen molar-refractivity contribution in [1.29, 1.82) is 0 Å². The van der Waals surface area contributed by atoms with Crippen LogP contribution >= 0.6 is 0 Å². The zero-order chi connectivity index (χ0) is 35.7. The highest BCUT2D eigenvalue weighted by atomic mass is 16.5. The number of carbonyl (C=O) groups is 3. The van der Waals surface area contributed by atoms with E-state index in [9.17, 15) is 14.4 Å². The molecule has 2 heterocycles. The predicted molar refractivity (Wildman–Crippen MR) is 197 cm³/mol. The van der Waals surface area contributed by atoms with Gasteiger partial charge in [0.05, 0.1) is 37.5 Å². The van der Waals surface area contributed by atoms with Crippen molar-refractivity contribution in [3.05, 3.63) is 125 Å². The molecule has 4 atom stereocenters. The number of aromatic nitrogens is 2. The number of carbonyl (C=O) groups excluding carboxylic acids is 3. The number of rotatable bonds is 12. The van der Waals surface area contributed by atoms with Crippen molar-refractivity contribution in [1.82, 2.24) is 25.3 Å². The molecule has 272 valence electrons. The van der Waals surface area contributed by atoms with Crippen molar-refractivity contribution in [3.8, 4) is 0 Å². The maximum absolute atomic E-state index is 14.1. The number of amides is 3. The first-order valence-electron chi connectivity index (χ1n) is 18.9. The fourth-order valence-electron chi connectivity index (χ4n) is 7.76. The molecule has 10 heteroatoms. The van der Waals surface area contributed by atoms with Gasteiger partial charge < -0.3 is 25.0 Å². The summed E-state index contributed by atoms with van der Waals surface area (Å²) in [5, 5.41) is 11.0. The van der Waals surface area contributed by atoms with E-state index < -0.39 is 0 Å². The van der Waals surface area contributed by atoms with Crippen LogP contribution in [0.5, 0.6) is 0 Å². The van der Waals surface area contributed by atoms with Gasteiger partial charge in [-0.05, 0) is 54.4 Å². The molecule has 2 fully saturated rings. The van der Waals surface area contributed by atoms with Crippen molar-refractivity contribution < 1.29 is 23.9 Å². The van der Waals surface area contributed by atoms with E-state index in [4.69, 9.17) is 9.47 Å². The Kier molecular flexibility index (Phi) is 11.7. The molecule has 2 aliphatic carbocycles. The van der Waals surface area contributed by atoms with Gasteiger partial charge in [-0.15, -0.1) is 0 Å². The molecule has 3 aliphatic rings. The Balaban J connectivity index is 1.07. The first-order valence-corrected chi connectivity index (χ1v) is 18.9. The van der Waals surface area contributed by atoms with Crippen molar-refractivity contribution in [3.63, 3.8) is 0 Å². The van der Waals surface area contributed by atoms with Crippen LogP contribution in [0.4, 0.5) is 0 Å². The molecule has 1 aliphatic heterocycles. The molecule has 0 radical (unpaired) electrons. The van der Waals surface area contributed by atoms with E-state index in [1.54, 1.807) is 11.0 Å². The Hall–Kier alpha value is -4.80. The fourth-order valence-corrected chi connectivity index (χ4v) is 7.76. The second kappa shape index (κ2) is 17.1. The van der Waals surface area contributed by atoms with Crippen molar-refractivity contribution in [2.24, 2.45) is 0 Å². The lowest BCUT2D eigenvalue weighted by Gasteiger charge is -2.32. The largest absolute Gasteiger partial charge is 0.371 e. The van der Waals surface area contributed by atoms with Gasteiger partial charge in [0.25, 0.3) is 11.8 Å². The molecule has 0 bridgehead atoms. The lowest BCUT2D eigenvalue weighted by molar-refractivity contribution is -0.124. The van der Waals surface area contributed by atoms with Gasteiger partial charge in [0.1, 0.15) is 12.2 Å². The third-order valence-electron chi connectivity index (χ3n) is 10.6. The van der Waals surface area contributed by atoms with Crippen LogP contribution in [0.15, 0.2) is 91.0 Å². The van der Waals surface area contributed by atoms with Crippen LogP contribution in [-0.2, 0) is 47.0 Å². The average molecular weight is 704 g/mol. The number of ether oxygens (including phenoxy) is 2. The van der Waals surface area contributed by atoms with Gasteiger partial charge in [-0.25, -0.2) is 4.68 Å². The van der Waals surface area contributed by atoms with Gasteiger partial charge in [-0.2, -0.15) is 5.10 Å². The molecule has 2 N–H and O–H groups in total. The molecule has 0 unspecified atom stereocenters. The summed E-state index contributed by atoms with van der Waals surface area (Å²) < 4.78 is 14.0. The molecule has 3 aromatic carbocycles. The Bertz CT molecular complexity index is 1810. The quantitative estimate of drug-likeness (QED) is 0.188. The van der Waals surface area contributed by atoms with Gasteiger partial charge in [-0.3, -0.25) is 14.4 Å². The molecule has 0 spiro atoms. The molecule has 7 rings (SSSR count). The Morgan fingerprint density at radius 1 is 0.692 bits per heavy atom. The van der Waals surface area contributed by atoms with Gasteiger partial charge in [-0.1, -0.05) is 111 Å². The predicted octanol–water partition coefficient (Wildman–Crippen LogP) is 5.98.